The van der Waals surface area contributed by atoms with Crippen LogP contribution in [0.25, 0.3) is 11.4 Å². The van der Waals surface area contributed by atoms with Gasteiger partial charge in [-0.2, -0.15) is 4.98 Å². The molecule has 0 fully saturated rings. The van der Waals surface area contributed by atoms with Crippen molar-refractivity contribution in [1.82, 2.24) is 15.0 Å². The zero-order valence-corrected chi connectivity index (χ0v) is 16.3. The van der Waals surface area contributed by atoms with E-state index < -0.39 is 0 Å². The number of nitrogens with zero attached hydrogens (tertiary/aromatic N) is 3. The lowest BCUT2D eigenvalue weighted by Gasteiger charge is -2.24. The van der Waals surface area contributed by atoms with Crippen LogP contribution in [0.15, 0.2) is 47.0 Å². The van der Waals surface area contributed by atoms with Crippen molar-refractivity contribution in [2.75, 3.05) is 14.2 Å². The maximum atomic E-state index is 6.31. The van der Waals surface area contributed by atoms with Crippen LogP contribution in [0.1, 0.15) is 24.4 Å². The maximum absolute atomic E-state index is 6.31. The SMILES string of the molecule is COc1ccc(-c2noc(CN(C)C(C)c3ccc(Cl)cc3Cl)n2)cc1. The number of ether oxygens (including phenoxy) is 1. The maximum Gasteiger partial charge on any atom is 0.241 e. The molecule has 0 aliphatic rings. The normalized spacial score (nSPS) is 12.4. The van der Waals surface area contributed by atoms with Crippen LogP contribution in [-0.2, 0) is 6.54 Å². The van der Waals surface area contributed by atoms with Crippen molar-refractivity contribution in [3.8, 4) is 17.1 Å². The minimum atomic E-state index is 0.0658. The molecule has 0 radical (unpaired) electrons. The minimum Gasteiger partial charge on any atom is -0.497 e. The highest BCUT2D eigenvalue weighted by molar-refractivity contribution is 6.35. The molecule has 3 aromatic rings. The van der Waals surface area contributed by atoms with Gasteiger partial charge in [0.05, 0.1) is 13.7 Å². The Morgan fingerprint density at radius 3 is 2.54 bits per heavy atom. The number of aromatic nitrogens is 2. The van der Waals surface area contributed by atoms with E-state index >= 15 is 0 Å². The lowest BCUT2D eigenvalue weighted by molar-refractivity contribution is 0.216. The highest BCUT2D eigenvalue weighted by atomic mass is 35.5. The van der Waals surface area contributed by atoms with Gasteiger partial charge in [-0.3, -0.25) is 4.90 Å². The third-order valence-corrected chi connectivity index (χ3v) is 4.84. The summed E-state index contributed by atoms with van der Waals surface area (Å²) in [5, 5.41) is 5.32. The third-order valence-electron chi connectivity index (χ3n) is 4.27. The molecule has 136 valence electrons. The van der Waals surface area contributed by atoms with E-state index in [1.807, 2.05) is 43.4 Å². The average Bonchev–Trinajstić information content (AvgIpc) is 3.09. The van der Waals surface area contributed by atoms with Crippen molar-refractivity contribution in [3.63, 3.8) is 0 Å². The Labute approximate surface area is 162 Å². The van der Waals surface area contributed by atoms with Crippen LogP contribution in [-0.4, -0.2) is 29.2 Å². The van der Waals surface area contributed by atoms with Crippen molar-refractivity contribution in [1.29, 1.82) is 0 Å². The van der Waals surface area contributed by atoms with Crippen molar-refractivity contribution in [3.05, 3.63) is 64.0 Å². The van der Waals surface area contributed by atoms with Gasteiger partial charge in [0.25, 0.3) is 0 Å². The van der Waals surface area contributed by atoms with Gasteiger partial charge < -0.3 is 9.26 Å². The van der Waals surface area contributed by atoms with E-state index in [0.29, 0.717) is 28.3 Å². The molecule has 1 atom stereocenters. The Balaban J connectivity index is 1.71. The summed E-state index contributed by atoms with van der Waals surface area (Å²) in [4.78, 5) is 6.56. The van der Waals surface area contributed by atoms with Gasteiger partial charge in [0.15, 0.2) is 0 Å². The van der Waals surface area contributed by atoms with E-state index in [-0.39, 0.29) is 6.04 Å². The minimum absolute atomic E-state index is 0.0658. The van der Waals surface area contributed by atoms with E-state index in [1.165, 1.54) is 0 Å². The third kappa shape index (κ3) is 4.18. The van der Waals surface area contributed by atoms with E-state index in [9.17, 15) is 0 Å². The van der Waals surface area contributed by atoms with Gasteiger partial charge in [-0.15, -0.1) is 0 Å². The molecule has 0 N–H and O–H groups in total. The Morgan fingerprint density at radius 1 is 1.15 bits per heavy atom. The van der Waals surface area contributed by atoms with Crippen molar-refractivity contribution < 1.29 is 9.26 Å². The summed E-state index contributed by atoms with van der Waals surface area (Å²) in [6, 6.07) is 13.1. The standard InChI is InChI=1S/C19H19Cl2N3O2/c1-12(16-9-6-14(20)10-17(16)21)24(2)11-18-22-19(23-26-18)13-4-7-15(25-3)8-5-13/h4-10,12H,11H2,1-3H3. The summed E-state index contributed by atoms with van der Waals surface area (Å²) in [6.45, 7) is 2.57. The van der Waals surface area contributed by atoms with Crippen LogP contribution >= 0.6 is 23.2 Å². The zero-order valence-electron chi connectivity index (χ0n) is 14.7. The Kier molecular flexibility index (Phi) is 5.81. The first kappa shape index (κ1) is 18.7. The second-order valence-electron chi connectivity index (χ2n) is 6.00. The predicted molar refractivity (Wildman–Crippen MR) is 103 cm³/mol. The van der Waals surface area contributed by atoms with Crippen LogP contribution in [0.3, 0.4) is 0 Å². The molecule has 0 bridgehead atoms. The van der Waals surface area contributed by atoms with Crippen LogP contribution in [0, 0.1) is 0 Å². The summed E-state index contributed by atoms with van der Waals surface area (Å²) in [5.41, 5.74) is 1.87. The van der Waals surface area contributed by atoms with Crippen molar-refractivity contribution >= 4 is 23.2 Å². The van der Waals surface area contributed by atoms with E-state index in [1.54, 1.807) is 13.2 Å². The van der Waals surface area contributed by atoms with Gasteiger partial charge >= 0.3 is 0 Å². The quantitative estimate of drug-likeness (QED) is 0.574. The van der Waals surface area contributed by atoms with Crippen molar-refractivity contribution in [2.45, 2.75) is 19.5 Å². The second kappa shape index (κ2) is 8.08. The molecule has 1 heterocycles. The van der Waals surface area contributed by atoms with Crippen molar-refractivity contribution in [2.24, 2.45) is 0 Å². The molecule has 0 saturated heterocycles. The van der Waals surface area contributed by atoms with E-state index in [2.05, 4.69) is 22.0 Å². The van der Waals surface area contributed by atoms with E-state index in [0.717, 1.165) is 16.9 Å². The zero-order chi connectivity index (χ0) is 18.7. The number of benzene rings is 2. The molecular weight excluding hydrogens is 373 g/mol. The van der Waals surface area contributed by atoms with Gasteiger partial charge in [-0.1, -0.05) is 34.4 Å². The molecule has 0 saturated carbocycles. The fraction of sp³-hybridized carbons (Fsp3) is 0.263. The fourth-order valence-electron chi connectivity index (χ4n) is 2.60. The van der Waals surface area contributed by atoms with Crippen LogP contribution in [0.4, 0.5) is 0 Å². The molecule has 0 aliphatic carbocycles. The highest BCUT2D eigenvalue weighted by Crippen LogP contribution is 2.30. The van der Waals surface area contributed by atoms with Crippen LogP contribution in [0.5, 0.6) is 5.75 Å². The molecule has 0 spiro atoms. The van der Waals surface area contributed by atoms with Gasteiger partial charge in [0.1, 0.15) is 5.75 Å². The predicted octanol–water partition coefficient (Wildman–Crippen LogP) is 5.25. The lowest BCUT2D eigenvalue weighted by Crippen LogP contribution is -2.22. The molecular formula is C19H19Cl2N3O2. The van der Waals surface area contributed by atoms with Gasteiger partial charge in [0, 0.05) is 21.7 Å². The number of methoxy groups -OCH3 is 1. The molecule has 7 heteroatoms. The number of hydrogen-bond acceptors (Lipinski definition) is 5. The summed E-state index contributed by atoms with van der Waals surface area (Å²) in [7, 11) is 3.61. The average molecular weight is 392 g/mol. The topological polar surface area (TPSA) is 51.4 Å². The highest BCUT2D eigenvalue weighted by Gasteiger charge is 2.18. The number of halogens is 2. The fourth-order valence-corrected chi connectivity index (χ4v) is 3.17. The first-order valence-electron chi connectivity index (χ1n) is 8.10. The second-order valence-corrected chi connectivity index (χ2v) is 6.84. The molecule has 26 heavy (non-hydrogen) atoms. The largest absolute Gasteiger partial charge is 0.497 e. The molecule has 1 aromatic heterocycles. The Morgan fingerprint density at radius 2 is 1.88 bits per heavy atom. The molecule has 1 unspecified atom stereocenters. The van der Waals surface area contributed by atoms with E-state index in [4.69, 9.17) is 32.5 Å². The lowest BCUT2D eigenvalue weighted by atomic mass is 10.1. The van der Waals surface area contributed by atoms with Gasteiger partial charge in [0.2, 0.25) is 11.7 Å². The molecule has 0 amide bonds. The molecule has 2 aromatic carbocycles. The van der Waals surface area contributed by atoms with Crippen LogP contribution < -0.4 is 4.74 Å². The molecule has 3 rings (SSSR count). The summed E-state index contributed by atoms with van der Waals surface area (Å²) in [5.74, 6) is 1.87. The summed E-state index contributed by atoms with van der Waals surface area (Å²) in [6.07, 6.45) is 0. The first-order chi connectivity index (χ1) is 12.5. The van der Waals surface area contributed by atoms with Crippen LogP contribution in [0.2, 0.25) is 10.0 Å². The monoisotopic (exact) mass is 391 g/mol. The number of hydrogen-bond donors (Lipinski definition) is 0. The van der Waals surface area contributed by atoms with Gasteiger partial charge in [-0.05, 0) is 55.9 Å². The molecule has 5 nitrogen and oxygen atoms in total. The Bertz CT molecular complexity index is 881. The summed E-state index contributed by atoms with van der Waals surface area (Å²) >= 11 is 12.3. The summed E-state index contributed by atoms with van der Waals surface area (Å²) < 4.78 is 10.6. The van der Waals surface area contributed by atoms with Gasteiger partial charge in [-0.25, -0.2) is 0 Å². The molecule has 0 aliphatic heterocycles. The number of rotatable bonds is 6. The smallest absolute Gasteiger partial charge is 0.241 e. The Hall–Kier alpha value is -2.08. The first-order valence-corrected chi connectivity index (χ1v) is 8.85.